The van der Waals surface area contributed by atoms with E-state index in [0.717, 1.165) is 12.1 Å². The van der Waals surface area contributed by atoms with Gasteiger partial charge in [-0.3, -0.25) is 25.0 Å². The molecule has 2 unspecified atom stereocenters. The zero-order valence-corrected chi connectivity index (χ0v) is 16.2. The number of carbonyl (C=O) groups excluding carboxylic acids is 1. The molecular formula is C19H21N3O9. The van der Waals surface area contributed by atoms with Gasteiger partial charge in [-0.25, -0.2) is 0 Å². The van der Waals surface area contributed by atoms with Crippen LogP contribution in [-0.2, 0) is 12.8 Å². The van der Waals surface area contributed by atoms with Crippen molar-refractivity contribution in [1.82, 2.24) is 0 Å². The minimum atomic E-state index is -1.23. The number of nitro groups is 2. The Balaban J connectivity index is 2.81. The lowest BCUT2D eigenvalue weighted by atomic mass is 9.91. The first kappa shape index (κ1) is 23.8. The van der Waals surface area contributed by atoms with E-state index >= 15 is 0 Å². The number of non-ortho nitro benzene ring substituents is 1. The van der Waals surface area contributed by atoms with Crippen LogP contribution in [-0.4, -0.2) is 61.6 Å². The molecule has 2 rings (SSSR count). The standard InChI is InChI=1S/C19H21N3O9/c20-19(27)18-16(5-11(4-15(26)9-24)6-17(18)22(30)31)12-1-10(3-14(25)8-23)2-13(7-12)21(28)29/h1-2,5-7,14-15,23-26H,3-4,8-9H2,(H2,20,27). The Morgan fingerprint density at radius 1 is 0.903 bits per heavy atom. The molecule has 0 heterocycles. The second-order valence-electron chi connectivity index (χ2n) is 6.89. The minimum Gasteiger partial charge on any atom is -0.394 e. The molecule has 1 amide bonds. The van der Waals surface area contributed by atoms with Crippen molar-refractivity contribution in [2.24, 2.45) is 5.73 Å². The molecule has 0 saturated carbocycles. The van der Waals surface area contributed by atoms with Crippen LogP contribution in [0.5, 0.6) is 0 Å². The number of carbonyl (C=O) groups is 1. The number of amides is 1. The summed E-state index contributed by atoms with van der Waals surface area (Å²) in [6.07, 6.45) is -2.77. The number of nitrogens with zero attached hydrogens (tertiary/aromatic N) is 2. The fourth-order valence-electron chi connectivity index (χ4n) is 3.16. The first-order valence-corrected chi connectivity index (χ1v) is 9.05. The van der Waals surface area contributed by atoms with E-state index in [0.29, 0.717) is 0 Å². The van der Waals surface area contributed by atoms with E-state index in [1.165, 1.54) is 18.2 Å². The van der Waals surface area contributed by atoms with Gasteiger partial charge < -0.3 is 26.2 Å². The molecule has 0 fully saturated rings. The molecule has 0 aliphatic carbocycles. The van der Waals surface area contributed by atoms with Gasteiger partial charge in [-0.15, -0.1) is 0 Å². The normalized spacial score (nSPS) is 12.9. The fraction of sp³-hybridized carbons (Fsp3) is 0.316. The van der Waals surface area contributed by atoms with Crippen LogP contribution in [0.1, 0.15) is 21.5 Å². The summed E-state index contributed by atoms with van der Waals surface area (Å²) in [6.45, 7) is -1.20. The highest BCUT2D eigenvalue weighted by Gasteiger charge is 2.26. The van der Waals surface area contributed by atoms with Crippen molar-refractivity contribution in [3.8, 4) is 11.1 Å². The molecule has 0 spiro atoms. The van der Waals surface area contributed by atoms with Crippen LogP contribution >= 0.6 is 0 Å². The first-order chi connectivity index (χ1) is 14.6. The van der Waals surface area contributed by atoms with Gasteiger partial charge in [0.2, 0.25) is 0 Å². The van der Waals surface area contributed by atoms with Crippen LogP contribution in [0, 0.1) is 20.2 Å². The molecule has 0 aliphatic rings. The quantitative estimate of drug-likeness (QED) is 0.252. The van der Waals surface area contributed by atoms with Crippen LogP contribution in [0.25, 0.3) is 11.1 Å². The molecule has 0 saturated heterocycles. The lowest BCUT2D eigenvalue weighted by molar-refractivity contribution is -0.385. The van der Waals surface area contributed by atoms with Gasteiger partial charge >= 0.3 is 0 Å². The molecule has 2 aromatic carbocycles. The van der Waals surface area contributed by atoms with Crippen LogP contribution in [0.2, 0.25) is 0 Å². The topological polar surface area (TPSA) is 210 Å². The van der Waals surface area contributed by atoms with Gasteiger partial charge in [0.05, 0.1) is 35.3 Å². The summed E-state index contributed by atoms with van der Waals surface area (Å²) in [5.74, 6) is -1.14. The third kappa shape index (κ3) is 5.79. The van der Waals surface area contributed by atoms with Crippen molar-refractivity contribution in [2.75, 3.05) is 13.2 Å². The first-order valence-electron chi connectivity index (χ1n) is 9.05. The lowest BCUT2D eigenvalue weighted by Crippen LogP contribution is -2.18. The summed E-state index contributed by atoms with van der Waals surface area (Å²) in [5, 5.41) is 60.5. The van der Waals surface area contributed by atoms with Crippen molar-refractivity contribution in [3.05, 3.63) is 67.3 Å². The summed E-state index contributed by atoms with van der Waals surface area (Å²) >= 11 is 0. The summed E-state index contributed by atoms with van der Waals surface area (Å²) in [6, 6.07) is 5.99. The van der Waals surface area contributed by atoms with Crippen LogP contribution in [0.3, 0.4) is 0 Å². The van der Waals surface area contributed by atoms with Gasteiger partial charge in [-0.05, 0) is 22.8 Å². The maximum absolute atomic E-state index is 12.1. The number of benzene rings is 2. The average Bonchev–Trinajstić information content (AvgIpc) is 2.72. The monoisotopic (exact) mass is 435 g/mol. The van der Waals surface area contributed by atoms with Crippen LogP contribution < -0.4 is 5.73 Å². The predicted octanol–water partition coefficient (Wildman–Crippen LogP) is 0.0603. The maximum Gasteiger partial charge on any atom is 0.283 e. The summed E-state index contributed by atoms with van der Waals surface area (Å²) in [5.41, 5.74) is 4.22. The highest BCUT2D eigenvalue weighted by molar-refractivity contribution is 6.04. The van der Waals surface area contributed by atoms with Crippen molar-refractivity contribution in [2.45, 2.75) is 25.0 Å². The van der Waals surface area contributed by atoms with Gasteiger partial charge in [0.25, 0.3) is 17.3 Å². The molecule has 0 aromatic heterocycles. The molecule has 0 aliphatic heterocycles. The van der Waals surface area contributed by atoms with E-state index in [2.05, 4.69) is 0 Å². The highest BCUT2D eigenvalue weighted by Crippen LogP contribution is 2.35. The number of nitro benzene ring substituents is 2. The Labute approximate surface area is 175 Å². The molecule has 12 nitrogen and oxygen atoms in total. The van der Waals surface area contributed by atoms with E-state index in [-0.39, 0.29) is 35.1 Å². The molecule has 12 heteroatoms. The predicted molar refractivity (Wildman–Crippen MR) is 107 cm³/mol. The second kappa shape index (κ2) is 10.0. The second-order valence-corrected chi connectivity index (χ2v) is 6.89. The minimum absolute atomic E-state index is 0.0478. The van der Waals surface area contributed by atoms with Crippen molar-refractivity contribution in [1.29, 1.82) is 0 Å². The van der Waals surface area contributed by atoms with E-state index in [9.17, 15) is 35.2 Å². The Bertz CT molecular complexity index is 1010. The van der Waals surface area contributed by atoms with Crippen molar-refractivity contribution in [3.63, 3.8) is 0 Å². The SMILES string of the molecule is NC(=O)c1c(-c2cc(CC(O)CO)cc([N+](=O)[O-])c2)cc(CC(O)CO)cc1[N+](=O)[O-]. The largest absolute Gasteiger partial charge is 0.394 e. The van der Waals surface area contributed by atoms with Gasteiger partial charge in [-0.2, -0.15) is 0 Å². The molecular weight excluding hydrogens is 414 g/mol. The summed E-state index contributed by atoms with van der Waals surface area (Å²) in [7, 11) is 0. The Morgan fingerprint density at radius 3 is 1.90 bits per heavy atom. The van der Waals surface area contributed by atoms with E-state index in [1.54, 1.807) is 0 Å². The fourth-order valence-corrected chi connectivity index (χ4v) is 3.16. The number of hydrogen-bond donors (Lipinski definition) is 5. The van der Waals surface area contributed by atoms with E-state index < -0.39 is 58.1 Å². The molecule has 31 heavy (non-hydrogen) atoms. The number of rotatable bonds is 10. The van der Waals surface area contributed by atoms with Gasteiger partial charge in [0.1, 0.15) is 5.56 Å². The van der Waals surface area contributed by atoms with E-state index in [4.69, 9.17) is 15.9 Å². The third-order valence-electron chi connectivity index (χ3n) is 4.48. The molecule has 166 valence electrons. The number of primary amides is 1. The van der Waals surface area contributed by atoms with Gasteiger partial charge in [0, 0.05) is 36.6 Å². The molecule has 6 N–H and O–H groups in total. The number of aliphatic hydroxyl groups excluding tert-OH is 4. The van der Waals surface area contributed by atoms with Crippen molar-refractivity contribution >= 4 is 17.3 Å². The molecule has 0 radical (unpaired) electrons. The number of hydrogen-bond acceptors (Lipinski definition) is 9. The van der Waals surface area contributed by atoms with Gasteiger partial charge in [-0.1, -0.05) is 6.07 Å². The molecule has 2 atom stereocenters. The highest BCUT2D eigenvalue weighted by atomic mass is 16.6. The molecule has 0 bridgehead atoms. The number of nitrogens with two attached hydrogens (primary N) is 1. The van der Waals surface area contributed by atoms with Crippen molar-refractivity contribution < 1.29 is 35.1 Å². The maximum atomic E-state index is 12.1. The zero-order valence-electron chi connectivity index (χ0n) is 16.2. The lowest BCUT2D eigenvalue weighted by Gasteiger charge is -2.14. The van der Waals surface area contributed by atoms with E-state index in [1.807, 2.05) is 0 Å². The van der Waals surface area contributed by atoms with Gasteiger partial charge in [0.15, 0.2) is 0 Å². The summed E-state index contributed by atoms with van der Waals surface area (Å²) in [4.78, 5) is 33.4. The molecule has 2 aromatic rings. The van der Waals surface area contributed by atoms with Crippen LogP contribution in [0.4, 0.5) is 11.4 Å². The third-order valence-corrected chi connectivity index (χ3v) is 4.48. The Kier molecular flexibility index (Phi) is 7.72. The number of aliphatic hydroxyl groups is 4. The summed E-state index contributed by atoms with van der Waals surface area (Å²) < 4.78 is 0. The average molecular weight is 435 g/mol. The Morgan fingerprint density at radius 2 is 1.45 bits per heavy atom. The Hall–Kier alpha value is -3.45. The smallest absolute Gasteiger partial charge is 0.283 e. The van der Waals surface area contributed by atoms with Crippen LogP contribution in [0.15, 0.2) is 30.3 Å². The zero-order chi connectivity index (χ0) is 23.3.